The molecule has 4 heteroatoms. The van der Waals surface area contributed by atoms with Crippen molar-refractivity contribution in [1.82, 2.24) is 10.3 Å². The minimum absolute atomic E-state index is 0.698. The van der Waals surface area contributed by atoms with Crippen molar-refractivity contribution >= 4 is 11.8 Å². The van der Waals surface area contributed by atoms with Gasteiger partial charge in [0.25, 0.3) is 5.22 Å². The lowest BCUT2D eigenvalue weighted by Crippen LogP contribution is -2.06. The van der Waals surface area contributed by atoms with Gasteiger partial charge in [-0.2, -0.15) is 0 Å². The highest BCUT2D eigenvalue weighted by atomic mass is 32.2. The van der Waals surface area contributed by atoms with Gasteiger partial charge in [-0.05, 0) is 44.3 Å². The summed E-state index contributed by atoms with van der Waals surface area (Å²) in [5.74, 6) is 0. The number of nitrogens with one attached hydrogen (secondary N) is 1. The highest BCUT2D eigenvalue weighted by Crippen LogP contribution is 2.30. The number of aromatic nitrogens is 1. The van der Waals surface area contributed by atoms with Gasteiger partial charge in [0.2, 0.25) is 0 Å². The third-order valence-corrected chi connectivity index (χ3v) is 3.36. The summed E-state index contributed by atoms with van der Waals surface area (Å²) in [6.07, 6.45) is 1.67. The lowest BCUT2D eigenvalue weighted by molar-refractivity contribution is 0.454. The van der Waals surface area contributed by atoms with Gasteiger partial charge in [-0.1, -0.05) is 17.7 Å². The van der Waals surface area contributed by atoms with E-state index in [1.165, 1.54) is 16.0 Å². The van der Waals surface area contributed by atoms with Gasteiger partial charge < -0.3 is 9.73 Å². The molecule has 1 N–H and O–H groups in total. The van der Waals surface area contributed by atoms with E-state index >= 15 is 0 Å². The fourth-order valence-electron chi connectivity index (χ4n) is 1.61. The first-order valence-corrected chi connectivity index (χ1v) is 6.35. The highest BCUT2D eigenvalue weighted by Gasteiger charge is 2.08. The molecule has 0 radical (unpaired) electrons. The first-order chi connectivity index (χ1) is 8.19. The minimum atomic E-state index is 0.698. The summed E-state index contributed by atoms with van der Waals surface area (Å²) in [6, 6.07) is 6.41. The van der Waals surface area contributed by atoms with Crippen molar-refractivity contribution in [3.63, 3.8) is 0 Å². The van der Waals surface area contributed by atoms with E-state index in [0.717, 1.165) is 12.2 Å². The number of hydrogen-bond acceptors (Lipinski definition) is 4. The average molecular weight is 248 g/mol. The number of rotatable bonds is 4. The lowest BCUT2D eigenvalue weighted by atomic mass is 10.1. The first kappa shape index (κ1) is 12.2. The average Bonchev–Trinajstić information content (AvgIpc) is 2.69. The van der Waals surface area contributed by atoms with Crippen molar-refractivity contribution in [1.29, 1.82) is 0 Å². The van der Waals surface area contributed by atoms with Gasteiger partial charge in [0.1, 0.15) is 6.26 Å². The first-order valence-electron chi connectivity index (χ1n) is 5.53. The Hall–Kier alpha value is -1.26. The molecule has 0 unspecified atom stereocenters. The Morgan fingerprint density at radius 1 is 1.35 bits per heavy atom. The smallest absolute Gasteiger partial charge is 0.260 e. The number of benzene rings is 1. The summed E-state index contributed by atoms with van der Waals surface area (Å²) < 4.78 is 5.36. The van der Waals surface area contributed by atoms with Crippen molar-refractivity contribution < 1.29 is 4.42 Å². The predicted molar refractivity (Wildman–Crippen MR) is 69.3 cm³/mol. The second-order valence-corrected chi connectivity index (χ2v) is 4.99. The summed E-state index contributed by atoms with van der Waals surface area (Å²) in [6.45, 7) is 4.88. The summed E-state index contributed by atoms with van der Waals surface area (Å²) in [7, 11) is 1.95. The van der Waals surface area contributed by atoms with Crippen LogP contribution < -0.4 is 5.32 Å². The Kier molecular flexibility index (Phi) is 3.86. The van der Waals surface area contributed by atoms with E-state index in [9.17, 15) is 0 Å². The van der Waals surface area contributed by atoms with Crippen LogP contribution in [-0.4, -0.2) is 12.0 Å². The minimum Gasteiger partial charge on any atom is -0.439 e. The van der Waals surface area contributed by atoms with Crippen LogP contribution in [0.2, 0.25) is 0 Å². The van der Waals surface area contributed by atoms with Crippen molar-refractivity contribution in [2.75, 3.05) is 7.05 Å². The maximum Gasteiger partial charge on any atom is 0.260 e. The summed E-state index contributed by atoms with van der Waals surface area (Å²) in [5, 5.41) is 3.88. The number of hydrogen-bond donors (Lipinski definition) is 1. The maximum absolute atomic E-state index is 5.36. The molecule has 0 aliphatic rings. The number of nitrogens with zero attached hydrogens (tertiary/aromatic N) is 1. The molecule has 0 bridgehead atoms. The van der Waals surface area contributed by atoms with Crippen LogP contribution in [0, 0.1) is 13.8 Å². The van der Waals surface area contributed by atoms with Crippen molar-refractivity contribution in [3.8, 4) is 0 Å². The van der Waals surface area contributed by atoms with Crippen LogP contribution in [0.15, 0.2) is 39.0 Å². The van der Waals surface area contributed by atoms with Crippen LogP contribution in [0.5, 0.6) is 0 Å². The second kappa shape index (κ2) is 5.38. The van der Waals surface area contributed by atoms with E-state index in [4.69, 9.17) is 4.42 Å². The Bertz CT molecular complexity index is 508. The molecule has 0 atom stereocenters. The monoisotopic (exact) mass is 248 g/mol. The molecular formula is C13H16N2OS. The van der Waals surface area contributed by atoms with Crippen LogP contribution in [0.25, 0.3) is 0 Å². The predicted octanol–water partition coefficient (Wildman–Crippen LogP) is 3.16. The SMILES string of the molecule is CNCc1cc(C)ccc1Sc1nc(C)co1. The molecule has 1 heterocycles. The van der Waals surface area contributed by atoms with Crippen LogP contribution in [0.4, 0.5) is 0 Å². The Labute approximate surface area is 106 Å². The van der Waals surface area contributed by atoms with E-state index in [-0.39, 0.29) is 0 Å². The fourth-order valence-corrected chi connectivity index (χ4v) is 2.48. The molecule has 0 aliphatic carbocycles. The van der Waals surface area contributed by atoms with E-state index in [1.54, 1.807) is 18.0 Å². The quantitative estimate of drug-likeness (QED) is 0.902. The maximum atomic E-state index is 5.36. The van der Waals surface area contributed by atoms with Gasteiger partial charge in [-0.15, -0.1) is 0 Å². The molecule has 1 aromatic heterocycles. The van der Waals surface area contributed by atoms with Crippen LogP contribution >= 0.6 is 11.8 Å². The van der Waals surface area contributed by atoms with Gasteiger partial charge in [0.15, 0.2) is 0 Å². The molecule has 0 spiro atoms. The van der Waals surface area contributed by atoms with E-state index in [1.807, 2.05) is 14.0 Å². The summed E-state index contributed by atoms with van der Waals surface area (Å²) >= 11 is 1.57. The van der Waals surface area contributed by atoms with Crippen molar-refractivity contribution in [2.24, 2.45) is 0 Å². The molecule has 2 aromatic rings. The lowest BCUT2D eigenvalue weighted by Gasteiger charge is -2.07. The van der Waals surface area contributed by atoms with Gasteiger partial charge in [-0.3, -0.25) is 0 Å². The Morgan fingerprint density at radius 3 is 2.82 bits per heavy atom. The van der Waals surface area contributed by atoms with Gasteiger partial charge in [0, 0.05) is 11.4 Å². The summed E-state index contributed by atoms with van der Waals surface area (Å²) in [5.41, 5.74) is 3.45. The Balaban J connectivity index is 2.25. The molecule has 0 saturated heterocycles. The molecule has 0 fully saturated rings. The zero-order chi connectivity index (χ0) is 12.3. The second-order valence-electron chi connectivity index (χ2n) is 4.00. The zero-order valence-corrected chi connectivity index (χ0v) is 11.1. The molecule has 90 valence electrons. The third kappa shape index (κ3) is 3.11. The van der Waals surface area contributed by atoms with Gasteiger partial charge >= 0.3 is 0 Å². The van der Waals surface area contributed by atoms with Crippen molar-refractivity contribution in [2.45, 2.75) is 30.5 Å². The zero-order valence-electron chi connectivity index (χ0n) is 10.3. The molecule has 0 amide bonds. The third-order valence-electron chi connectivity index (χ3n) is 2.38. The van der Waals surface area contributed by atoms with Gasteiger partial charge in [-0.25, -0.2) is 4.98 Å². The van der Waals surface area contributed by atoms with E-state index in [0.29, 0.717) is 5.22 Å². The number of aryl methyl sites for hydroxylation is 2. The highest BCUT2D eigenvalue weighted by molar-refractivity contribution is 7.99. The largest absolute Gasteiger partial charge is 0.439 e. The number of oxazole rings is 1. The molecule has 0 aliphatic heterocycles. The molecule has 3 nitrogen and oxygen atoms in total. The molecule has 0 saturated carbocycles. The Morgan fingerprint density at radius 2 is 2.18 bits per heavy atom. The van der Waals surface area contributed by atoms with Crippen molar-refractivity contribution in [3.05, 3.63) is 41.3 Å². The topological polar surface area (TPSA) is 38.1 Å². The molecule has 2 rings (SSSR count). The van der Waals surface area contributed by atoms with Gasteiger partial charge in [0.05, 0.1) is 5.69 Å². The van der Waals surface area contributed by atoms with Crippen LogP contribution in [0.3, 0.4) is 0 Å². The van der Waals surface area contributed by atoms with Crippen LogP contribution in [0.1, 0.15) is 16.8 Å². The van der Waals surface area contributed by atoms with E-state index in [2.05, 4.69) is 35.4 Å². The standard InChI is InChI=1S/C13H16N2OS/c1-9-4-5-12(11(6-9)7-14-3)17-13-15-10(2)8-16-13/h4-6,8,14H,7H2,1-3H3. The molecule has 17 heavy (non-hydrogen) atoms. The molecular weight excluding hydrogens is 232 g/mol. The summed E-state index contributed by atoms with van der Waals surface area (Å²) in [4.78, 5) is 5.49. The normalized spacial score (nSPS) is 10.8. The fraction of sp³-hybridized carbons (Fsp3) is 0.308. The van der Waals surface area contributed by atoms with E-state index < -0.39 is 0 Å². The molecule has 1 aromatic carbocycles. The van der Waals surface area contributed by atoms with Crippen LogP contribution in [-0.2, 0) is 6.54 Å².